The molecule has 0 saturated heterocycles. The maximum Gasteiger partial charge on any atom is 0.0386 e. The smallest absolute Gasteiger partial charge is 0.0386 e. The minimum Gasteiger partial charge on any atom is -0.293 e. The van der Waals surface area contributed by atoms with Crippen LogP contribution in [-0.4, -0.2) is 12.8 Å². The number of hydrogen-bond donors (Lipinski definition) is 0. The zero-order chi connectivity index (χ0) is 9.23. The van der Waals surface area contributed by atoms with E-state index in [0.717, 1.165) is 13.0 Å². The topological polar surface area (TPSA) is 12.4 Å². The van der Waals surface area contributed by atoms with Gasteiger partial charge < -0.3 is 0 Å². The Hall–Kier alpha value is -0.590. The van der Waals surface area contributed by atoms with Crippen LogP contribution in [0.2, 0.25) is 0 Å². The molecule has 0 fully saturated rings. The van der Waals surface area contributed by atoms with Gasteiger partial charge in [-0.3, -0.25) is 4.99 Å². The van der Waals surface area contributed by atoms with Crippen LogP contribution < -0.4 is 0 Å². The van der Waals surface area contributed by atoms with Gasteiger partial charge in [0.15, 0.2) is 0 Å². The van der Waals surface area contributed by atoms with Crippen molar-refractivity contribution in [1.29, 1.82) is 0 Å². The van der Waals surface area contributed by atoms with E-state index in [-0.39, 0.29) is 0 Å². The summed E-state index contributed by atoms with van der Waals surface area (Å²) in [5.41, 5.74) is 1.44. The van der Waals surface area contributed by atoms with Crippen molar-refractivity contribution in [2.75, 3.05) is 6.54 Å². The average molecular weight is 167 g/mol. The summed E-state index contributed by atoms with van der Waals surface area (Å²) < 4.78 is 0. The lowest BCUT2D eigenvalue weighted by molar-refractivity contribution is 0.788. The first-order valence-corrected chi connectivity index (χ1v) is 4.96. The molecule has 70 valence electrons. The van der Waals surface area contributed by atoms with Crippen LogP contribution in [0.3, 0.4) is 0 Å². The van der Waals surface area contributed by atoms with E-state index >= 15 is 0 Å². The second-order valence-electron chi connectivity index (χ2n) is 3.17. The van der Waals surface area contributed by atoms with Crippen molar-refractivity contribution >= 4 is 6.21 Å². The lowest BCUT2D eigenvalue weighted by atomic mass is 10.1. The lowest BCUT2D eigenvalue weighted by Crippen LogP contribution is -1.80. The fourth-order valence-electron chi connectivity index (χ4n) is 0.923. The predicted molar refractivity (Wildman–Crippen MR) is 56.9 cm³/mol. The summed E-state index contributed by atoms with van der Waals surface area (Å²) in [6, 6.07) is 0. The van der Waals surface area contributed by atoms with Crippen LogP contribution >= 0.6 is 0 Å². The highest BCUT2D eigenvalue weighted by atomic mass is 14.7. The zero-order valence-corrected chi connectivity index (χ0v) is 8.64. The van der Waals surface area contributed by atoms with Crippen molar-refractivity contribution in [3.8, 4) is 0 Å². The summed E-state index contributed by atoms with van der Waals surface area (Å²) in [6.07, 6.45) is 8.99. The van der Waals surface area contributed by atoms with Gasteiger partial charge in [0.1, 0.15) is 0 Å². The van der Waals surface area contributed by atoms with E-state index in [2.05, 4.69) is 31.8 Å². The Morgan fingerprint density at radius 3 is 2.58 bits per heavy atom. The molecule has 0 spiro atoms. The molecule has 0 aromatic carbocycles. The van der Waals surface area contributed by atoms with Crippen LogP contribution in [0.1, 0.15) is 46.5 Å². The van der Waals surface area contributed by atoms with Gasteiger partial charge in [0.25, 0.3) is 0 Å². The van der Waals surface area contributed by atoms with E-state index in [4.69, 9.17) is 0 Å². The minimum absolute atomic E-state index is 0.956. The fraction of sp³-hybridized carbons (Fsp3) is 0.727. The first-order valence-electron chi connectivity index (χ1n) is 4.96. The molecule has 0 atom stereocenters. The molecule has 0 amide bonds. The monoisotopic (exact) mass is 167 g/mol. The molecular weight excluding hydrogens is 146 g/mol. The van der Waals surface area contributed by atoms with Gasteiger partial charge in [0, 0.05) is 12.8 Å². The molecule has 0 aliphatic rings. The molecule has 12 heavy (non-hydrogen) atoms. The molecule has 0 N–H and O–H groups in total. The summed E-state index contributed by atoms with van der Waals surface area (Å²) >= 11 is 0. The van der Waals surface area contributed by atoms with Crippen molar-refractivity contribution in [1.82, 2.24) is 0 Å². The van der Waals surface area contributed by atoms with Gasteiger partial charge in [-0.1, -0.05) is 25.8 Å². The first kappa shape index (κ1) is 11.4. The van der Waals surface area contributed by atoms with E-state index < -0.39 is 0 Å². The Morgan fingerprint density at radius 1 is 1.25 bits per heavy atom. The maximum atomic E-state index is 4.24. The molecule has 1 heteroatoms. The van der Waals surface area contributed by atoms with Crippen LogP contribution in [0.4, 0.5) is 0 Å². The highest BCUT2D eigenvalue weighted by Crippen LogP contribution is 2.04. The van der Waals surface area contributed by atoms with Crippen molar-refractivity contribution < 1.29 is 0 Å². The molecule has 0 saturated carbocycles. The highest BCUT2D eigenvalue weighted by molar-refractivity contribution is 5.71. The Balaban J connectivity index is 3.53. The van der Waals surface area contributed by atoms with E-state index in [9.17, 15) is 0 Å². The van der Waals surface area contributed by atoms with Crippen LogP contribution in [0.25, 0.3) is 0 Å². The molecule has 0 unspecified atom stereocenters. The Morgan fingerprint density at radius 2 is 2.00 bits per heavy atom. The summed E-state index contributed by atoms with van der Waals surface area (Å²) in [5, 5.41) is 0. The average Bonchev–Trinajstić information content (AvgIpc) is 2.09. The largest absolute Gasteiger partial charge is 0.293 e. The van der Waals surface area contributed by atoms with E-state index in [0.29, 0.717) is 0 Å². The van der Waals surface area contributed by atoms with Gasteiger partial charge in [-0.15, -0.1) is 0 Å². The lowest BCUT2D eigenvalue weighted by Gasteiger charge is -1.95. The predicted octanol–water partition coefficient (Wildman–Crippen LogP) is 3.60. The van der Waals surface area contributed by atoms with Gasteiger partial charge in [-0.25, -0.2) is 0 Å². The number of rotatable bonds is 6. The minimum atomic E-state index is 0.956. The van der Waals surface area contributed by atoms with Crippen LogP contribution in [-0.2, 0) is 0 Å². The molecule has 1 nitrogen and oxygen atoms in total. The zero-order valence-electron chi connectivity index (χ0n) is 8.64. The number of nitrogens with zero attached hydrogens (tertiary/aromatic N) is 1. The third-order valence-electron chi connectivity index (χ3n) is 1.74. The second kappa shape index (κ2) is 8.51. The Bertz CT molecular complexity index is 145. The van der Waals surface area contributed by atoms with Gasteiger partial charge in [0.2, 0.25) is 0 Å². The van der Waals surface area contributed by atoms with E-state index in [1.165, 1.54) is 24.8 Å². The quantitative estimate of drug-likeness (QED) is 0.536. The third-order valence-corrected chi connectivity index (χ3v) is 1.74. The number of hydrogen-bond acceptors (Lipinski definition) is 1. The fourth-order valence-corrected chi connectivity index (χ4v) is 0.923. The van der Waals surface area contributed by atoms with Crippen molar-refractivity contribution in [3.63, 3.8) is 0 Å². The third kappa shape index (κ3) is 7.52. The SMILES string of the molecule is CCCC/C(C)=C/C=NCCC. The Labute approximate surface area is 76.6 Å². The number of allylic oxidation sites excluding steroid dienone is 2. The van der Waals surface area contributed by atoms with Crippen molar-refractivity contribution in [2.45, 2.75) is 46.5 Å². The molecule has 0 aliphatic heterocycles. The van der Waals surface area contributed by atoms with Crippen molar-refractivity contribution in [3.05, 3.63) is 11.6 Å². The van der Waals surface area contributed by atoms with Crippen LogP contribution in [0.5, 0.6) is 0 Å². The summed E-state index contributed by atoms with van der Waals surface area (Å²) in [6.45, 7) is 7.49. The molecule has 0 radical (unpaired) electrons. The van der Waals surface area contributed by atoms with Crippen molar-refractivity contribution in [2.24, 2.45) is 4.99 Å². The molecule has 0 heterocycles. The second-order valence-corrected chi connectivity index (χ2v) is 3.17. The maximum absolute atomic E-state index is 4.24. The molecule has 0 aromatic heterocycles. The summed E-state index contributed by atoms with van der Waals surface area (Å²) in [5.74, 6) is 0. The summed E-state index contributed by atoms with van der Waals surface area (Å²) in [7, 11) is 0. The van der Waals surface area contributed by atoms with Crippen LogP contribution in [0.15, 0.2) is 16.6 Å². The van der Waals surface area contributed by atoms with E-state index in [1.54, 1.807) is 0 Å². The standard InChI is InChI=1S/C11H21N/c1-4-6-7-11(3)8-10-12-9-5-2/h8,10H,4-7,9H2,1-3H3/b11-8+,12-10?. The molecule has 0 aliphatic carbocycles. The summed E-state index contributed by atoms with van der Waals surface area (Å²) in [4.78, 5) is 4.24. The van der Waals surface area contributed by atoms with Crippen LogP contribution in [0, 0.1) is 0 Å². The normalized spacial score (nSPS) is 12.8. The highest BCUT2D eigenvalue weighted by Gasteiger charge is 1.85. The van der Waals surface area contributed by atoms with E-state index in [1.807, 2.05) is 6.21 Å². The number of aliphatic imine (C=N–C) groups is 1. The number of unbranched alkanes of at least 4 members (excludes halogenated alkanes) is 1. The first-order chi connectivity index (χ1) is 5.81. The van der Waals surface area contributed by atoms with Gasteiger partial charge in [0.05, 0.1) is 0 Å². The van der Waals surface area contributed by atoms with Gasteiger partial charge in [-0.05, 0) is 32.3 Å². The molecule has 0 rings (SSSR count). The molecule has 0 aromatic rings. The van der Waals surface area contributed by atoms with Gasteiger partial charge in [-0.2, -0.15) is 0 Å². The molecule has 0 bridgehead atoms. The molecular formula is C11H21N. The van der Waals surface area contributed by atoms with Gasteiger partial charge >= 0.3 is 0 Å². The Kier molecular flexibility index (Phi) is 8.09.